The van der Waals surface area contributed by atoms with Crippen LogP contribution < -0.4 is 4.72 Å². The summed E-state index contributed by atoms with van der Waals surface area (Å²) >= 11 is 6.82. The maximum absolute atomic E-state index is 12.8. The molecule has 3 aromatic heterocycles. The van der Waals surface area contributed by atoms with Crippen LogP contribution in [0.4, 0.5) is 8.78 Å². The zero-order valence-corrected chi connectivity index (χ0v) is 15.6. The zero-order chi connectivity index (χ0) is 19.4. The minimum Gasteiger partial charge on any atom is -0.221 e. The van der Waals surface area contributed by atoms with Crippen molar-refractivity contribution in [3.05, 3.63) is 28.5 Å². The number of nitrogens with one attached hydrogen (secondary N) is 1. The molecule has 0 aliphatic heterocycles. The fraction of sp³-hybridized carbons (Fsp3) is 0.286. The molecule has 4 rings (SSSR count). The van der Waals surface area contributed by atoms with Gasteiger partial charge in [-0.3, -0.25) is 0 Å². The largest absolute Gasteiger partial charge is 0.291 e. The lowest BCUT2D eigenvalue weighted by molar-refractivity contribution is 0.150. The number of rotatable bonds is 5. The van der Waals surface area contributed by atoms with E-state index in [4.69, 9.17) is 16.9 Å². The average molecular weight is 431 g/mol. The second-order valence-corrected chi connectivity index (χ2v) is 8.99. The molecular formula is C14H9ClF2N6O2S2. The van der Waals surface area contributed by atoms with Gasteiger partial charge in [0, 0.05) is 0 Å². The van der Waals surface area contributed by atoms with Crippen LogP contribution in [0.15, 0.2) is 23.2 Å². The first-order valence-electron chi connectivity index (χ1n) is 7.49. The number of nitrogens with zero attached hydrogens (tertiary/aromatic N) is 5. The lowest BCUT2D eigenvalue weighted by atomic mass is 10.3. The number of aromatic nitrogens is 4. The molecule has 0 radical (unpaired) electrons. The van der Waals surface area contributed by atoms with Gasteiger partial charge in [0.25, 0.3) is 6.43 Å². The fourth-order valence-electron chi connectivity index (χ4n) is 2.45. The minimum absolute atomic E-state index is 0.000437. The summed E-state index contributed by atoms with van der Waals surface area (Å²) in [5.74, 6) is 0. The molecule has 0 bridgehead atoms. The summed E-state index contributed by atoms with van der Waals surface area (Å²) in [7, 11) is -4.02. The monoisotopic (exact) mass is 430 g/mol. The van der Waals surface area contributed by atoms with Gasteiger partial charge in [0.1, 0.15) is 10.7 Å². The van der Waals surface area contributed by atoms with E-state index in [0.717, 1.165) is 0 Å². The summed E-state index contributed by atoms with van der Waals surface area (Å²) in [4.78, 5) is -0.165. The van der Waals surface area contributed by atoms with Crippen LogP contribution in [0.3, 0.4) is 0 Å². The lowest BCUT2D eigenvalue weighted by Crippen LogP contribution is -2.35. The number of fused-ring (bicyclic) bond motifs is 1. The predicted octanol–water partition coefficient (Wildman–Crippen LogP) is 2.78. The first-order valence-corrected chi connectivity index (χ1v) is 10.2. The van der Waals surface area contributed by atoms with Crippen molar-refractivity contribution >= 4 is 38.5 Å². The van der Waals surface area contributed by atoms with E-state index in [0.29, 0.717) is 29.7 Å². The standard InChI is InChI=1S/C14H9ClF2N6O2S2/c15-10-4-7(27(24,25)22-14(6-18)1-2-14)3-9-8(5-19-23(9)10)12-20-21-13(26-12)11(16)17/h3-5,11,22H,1-2H2. The van der Waals surface area contributed by atoms with Gasteiger partial charge in [0.05, 0.1) is 28.2 Å². The molecule has 13 heteroatoms. The third-order valence-corrected chi connectivity index (χ3v) is 6.76. The van der Waals surface area contributed by atoms with Crippen molar-refractivity contribution in [3.8, 4) is 16.6 Å². The van der Waals surface area contributed by atoms with Crippen molar-refractivity contribution in [2.75, 3.05) is 0 Å². The maximum atomic E-state index is 12.8. The van der Waals surface area contributed by atoms with E-state index in [1.54, 1.807) is 0 Å². The highest BCUT2D eigenvalue weighted by Crippen LogP contribution is 2.37. The predicted molar refractivity (Wildman–Crippen MR) is 92.0 cm³/mol. The summed E-state index contributed by atoms with van der Waals surface area (Å²) in [5, 5.41) is 20.0. The van der Waals surface area contributed by atoms with Gasteiger partial charge >= 0.3 is 0 Å². The Hall–Kier alpha value is -2.20. The lowest BCUT2D eigenvalue weighted by Gasteiger charge is -2.11. The van der Waals surface area contributed by atoms with Crippen molar-refractivity contribution in [1.29, 1.82) is 5.26 Å². The molecule has 1 saturated carbocycles. The summed E-state index contributed by atoms with van der Waals surface area (Å²) in [6, 6.07) is 4.45. The number of pyridine rings is 1. The van der Waals surface area contributed by atoms with Gasteiger partial charge in [0.15, 0.2) is 10.0 Å². The highest BCUT2D eigenvalue weighted by molar-refractivity contribution is 7.89. The SMILES string of the molecule is N#CC1(NS(=O)(=O)c2cc(Cl)n3ncc(-c4nnc(C(F)F)s4)c3c2)CC1. The van der Waals surface area contributed by atoms with Gasteiger partial charge in [-0.15, -0.1) is 10.2 Å². The summed E-state index contributed by atoms with van der Waals surface area (Å²) in [6.45, 7) is 0. The smallest absolute Gasteiger partial charge is 0.221 e. The van der Waals surface area contributed by atoms with Gasteiger partial charge in [-0.05, 0) is 25.0 Å². The first kappa shape index (κ1) is 18.2. The molecule has 3 heterocycles. The van der Waals surface area contributed by atoms with E-state index in [2.05, 4.69) is 20.0 Å². The molecular weight excluding hydrogens is 422 g/mol. The molecule has 3 aromatic rings. The Kier molecular flexibility index (Phi) is 4.15. The molecule has 1 N–H and O–H groups in total. The first-order chi connectivity index (χ1) is 12.7. The van der Waals surface area contributed by atoms with Gasteiger partial charge < -0.3 is 0 Å². The summed E-state index contributed by atoms with van der Waals surface area (Å²) in [5.41, 5.74) is -0.507. The van der Waals surface area contributed by atoms with Crippen LogP contribution in [-0.4, -0.2) is 33.8 Å². The van der Waals surface area contributed by atoms with Crippen LogP contribution in [0.5, 0.6) is 0 Å². The van der Waals surface area contributed by atoms with Crippen LogP contribution in [0.25, 0.3) is 16.1 Å². The molecule has 1 aliphatic rings. The minimum atomic E-state index is -4.02. The highest BCUT2D eigenvalue weighted by Gasteiger charge is 2.46. The van der Waals surface area contributed by atoms with Crippen molar-refractivity contribution in [2.24, 2.45) is 0 Å². The number of alkyl halides is 2. The highest BCUT2D eigenvalue weighted by atomic mass is 35.5. The van der Waals surface area contributed by atoms with Gasteiger partial charge in [-0.2, -0.15) is 15.1 Å². The van der Waals surface area contributed by atoms with Crippen LogP contribution in [-0.2, 0) is 10.0 Å². The quantitative estimate of drug-likeness (QED) is 0.623. The third kappa shape index (κ3) is 3.16. The van der Waals surface area contributed by atoms with Crippen molar-refractivity contribution in [2.45, 2.75) is 29.7 Å². The molecule has 0 spiro atoms. The molecule has 1 fully saturated rings. The number of hydrogen-bond donors (Lipinski definition) is 1. The Balaban J connectivity index is 1.81. The van der Waals surface area contributed by atoms with Gasteiger partial charge in [-0.25, -0.2) is 21.7 Å². The van der Waals surface area contributed by atoms with Crippen LogP contribution in [0.1, 0.15) is 24.3 Å². The van der Waals surface area contributed by atoms with Crippen molar-refractivity contribution in [1.82, 2.24) is 24.5 Å². The van der Waals surface area contributed by atoms with Crippen LogP contribution >= 0.6 is 22.9 Å². The maximum Gasteiger partial charge on any atom is 0.291 e. The number of sulfonamides is 1. The molecule has 140 valence electrons. The van der Waals surface area contributed by atoms with E-state index in [1.165, 1.54) is 22.8 Å². The molecule has 0 saturated heterocycles. The molecule has 1 aliphatic carbocycles. The van der Waals surface area contributed by atoms with E-state index in [-0.39, 0.29) is 20.6 Å². The topological polar surface area (TPSA) is 113 Å². The average Bonchev–Trinajstić information content (AvgIpc) is 3.03. The van der Waals surface area contributed by atoms with E-state index in [1.807, 2.05) is 6.07 Å². The number of nitriles is 1. The molecule has 0 aromatic carbocycles. The molecule has 0 unspecified atom stereocenters. The van der Waals surface area contributed by atoms with Crippen LogP contribution in [0.2, 0.25) is 5.15 Å². The van der Waals surface area contributed by atoms with Crippen LogP contribution in [0, 0.1) is 11.3 Å². The zero-order valence-electron chi connectivity index (χ0n) is 13.2. The Bertz CT molecular complexity index is 1200. The second kappa shape index (κ2) is 6.16. The molecule has 0 atom stereocenters. The van der Waals surface area contributed by atoms with E-state index >= 15 is 0 Å². The van der Waals surface area contributed by atoms with Crippen molar-refractivity contribution < 1.29 is 17.2 Å². The number of hydrogen-bond acceptors (Lipinski definition) is 7. The summed E-state index contributed by atoms with van der Waals surface area (Å²) < 4.78 is 54.4. The number of halogens is 3. The third-order valence-electron chi connectivity index (χ3n) is 4.01. The Morgan fingerprint density at radius 1 is 1.37 bits per heavy atom. The van der Waals surface area contributed by atoms with Gasteiger partial charge in [-0.1, -0.05) is 22.9 Å². The van der Waals surface area contributed by atoms with E-state index < -0.39 is 27.0 Å². The Morgan fingerprint density at radius 2 is 2.11 bits per heavy atom. The molecule has 8 nitrogen and oxygen atoms in total. The molecule has 27 heavy (non-hydrogen) atoms. The second-order valence-electron chi connectivity index (χ2n) is 5.91. The fourth-order valence-corrected chi connectivity index (χ4v) is 4.90. The summed E-state index contributed by atoms with van der Waals surface area (Å²) in [6.07, 6.45) is -0.559. The van der Waals surface area contributed by atoms with Crippen molar-refractivity contribution in [3.63, 3.8) is 0 Å². The van der Waals surface area contributed by atoms with Gasteiger partial charge in [0.2, 0.25) is 10.0 Å². The van der Waals surface area contributed by atoms with E-state index in [9.17, 15) is 17.2 Å². The Morgan fingerprint density at radius 3 is 2.70 bits per heavy atom. The normalized spacial score (nSPS) is 16.0. The molecule has 0 amide bonds. The Labute approximate surface area is 160 Å².